The van der Waals surface area contributed by atoms with E-state index in [1.165, 1.54) is 5.56 Å². The van der Waals surface area contributed by atoms with E-state index in [-0.39, 0.29) is 6.04 Å². The maximum absolute atomic E-state index is 11.4. The van der Waals surface area contributed by atoms with Crippen molar-refractivity contribution < 1.29 is 8.42 Å². The fourth-order valence-corrected chi connectivity index (χ4v) is 3.71. The van der Waals surface area contributed by atoms with E-state index in [2.05, 4.69) is 47.0 Å². The van der Waals surface area contributed by atoms with E-state index in [9.17, 15) is 8.42 Å². The van der Waals surface area contributed by atoms with Crippen LogP contribution in [-0.4, -0.2) is 19.3 Å². The van der Waals surface area contributed by atoms with Crippen molar-refractivity contribution >= 4 is 43.4 Å². The molecule has 1 aromatic rings. The number of anilines is 1. The number of benzene rings is 1. The minimum atomic E-state index is -2.22. The van der Waals surface area contributed by atoms with Gasteiger partial charge >= 0.3 is 0 Å². The summed E-state index contributed by atoms with van der Waals surface area (Å²) in [5.74, 6) is 0. The Kier molecular flexibility index (Phi) is 4.70. The lowest BCUT2D eigenvalue weighted by atomic mass is 10.0. The lowest BCUT2D eigenvalue weighted by Gasteiger charge is -2.21. The molecule has 20 heavy (non-hydrogen) atoms. The van der Waals surface area contributed by atoms with Crippen LogP contribution in [0.2, 0.25) is 0 Å². The lowest BCUT2D eigenvalue weighted by Crippen LogP contribution is -2.29. The van der Waals surface area contributed by atoms with E-state index >= 15 is 0 Å². The third kappa shape index (κ3) is 3.32. The molecule has 0 saturated carbocycles. The molecule has 1 N–H and O–H groups in total. The predicted molar refractivity (Wildman–Crippen MR) is 93.2 cm³/mol. The fourth-order valence-electron chi connectivity index (χ4n) is 2.39. The molecule has 0 saturated heterocycles. The van der Waals surface area contributed by atoms with Gasteiger partial charge in [0, 0.05) is 9.27 Å². The van der Waals surface area contributed by atoms with Gasteiger partial charge in [-0.05, 0) is 60.6 Å². The molecule has 5 heteroatoms. The summed E-state index contributed by atoms with van der Waals surface area (Å²) in [6.45, 7) is 6.12. The van der Waals surface area contributed by atoms with Crippen LogP contribution in [0.25, 0.3) is 0 Å². The van der Waals surface area contributed by atoms with E-state index in [0.29, 0.717) is 4.86 Å². The second-order valence-electron chi connectivity index (χ2n) is 4.92. The first-order valence-corrected chi connectivity index (χ1v) is 8.39. The van der Waals surface area contributed by atoms with Gasteiger partial charge in [0.05, 0.1) is 10.9 Å². The Balaban J connectivity index is 2.41. The molecule has 1 aliphatic rings. The van der Waals surface area contributed by atoms with E-state index in [4.69, 9.17) is 0 Å². The van der Waals surface area contributed by atoms with Crippen LogP contribution in [0, 0.1) is 20.8 Å². The van der Waals surface area contributed by atoms with Gasteiger partial charge < -0.3 is 5.32 Å². The predicted octanol–water partition coefficient (Wildman–Crippen LogP) is 3.33. The van der Waals surface area contributed by atoms with Gasteiger partial charge in [0.25, 0.3) is 0 Å². The highest BCUT2D eigenvalue weighted by Gasteiger charge is 2.18. The molecule has 0 heterocycles. The Morgan fingerprint density at radius 1 is 1.15 bits per heavy atom. The van der Waals surface area contributed by atoms with Crippen molar-refractivity contribution in [2.24, 2.45) is 0 Å². The van der Waals surface area contributed by atoms with Gasteiger partial charge in [-0.25, -0.2) is 0 Å². The maximum atomic E-state index is 11.4. The maximum Gasteiger partial charge on any atom is 0.219 e. The summed E-state index contributed by atoms with van der Waals surface area (Å²) in [6, 6.07) is 3.87. The summed E-state index contributed by atoms with van der Waals surface area (Å²) in [5.41, 5.74) is 4.45. The average Bonchev–Trinajstić information content (AvgIpc) is 2.34. The van der Waals surface area contributed by atoms with Gasteiger partial charge in [-0.15, -0.1) is 0 Å². The van der Waals surface area contributed by atoms with Crippen molar-refractivity contribution in [3.8, 4) is 0 Å². The molecule has 0 amide bonds. The minimum absolute atomic E-state index is 0.313. The molecule has 0 unspecified atom stereocenters. The van der Waals surface area contributed by atoms with Crippen molar-refractivity contribution in [3.05, 3.63) is 50.6 Å². The van der Waals surface area contributed by atoms with Crippen LogP contribution in [0.15, 0.2) is 33.9 Å². The van der Waals surface area contributed by atoms with Crippen molar-refractivity contribution in [1.29, 1.82) is 0 Å². The third-order valence-corrected chi connectivity index (χ3v) is 4.63. The second-order valence-corrected chi connectivity index (χ2v) is 7.11. The SMILES string of the molecule is Cc1cc(C)c(N[C@@H]2C=CC(I)=CC2=S(=O)=O)c(C)c1. The van der Waals surface area contributed by atoms with Crippen LogP contribution in [0.1, 0.15) is 16.7 Å². The number of rotatable bonds is 2. The summed E-state index contributed by atoms with van der Waals surface area (Å²) in [5, 5.41) is 3.33. The molecule has 0 spiro atoms. The highest BCUT2D eigenvalue weighted by atomic mass is 127. The minimum Gasteiger partial charge on any atom is -0.373 e. The number of aryl methyl sites for hydroxylation is 3. The molecule has 3 nitrogen and oxygen atoms in total. The highest BCUT2D eigenvalue weighted by Crippen LogP contribution is 2.25. The summed E-state index contributed by atoms with van der Waals surface area (Å²) in [4.78, 5) is 0.372. The quantitative estimate of drug-likeness (QED) is 0.611. The van der Waals surface area contributed by atoms with Crippen LogP contribution >= 0.6 is 22.6 Å². The molecule has 1 aromatic carbocycles. The summed E-state index contributed by atoms with van der Waals surface area (Å²) >= 11 is 2.12. The third-order valence-electron chi connectivity index (χ3n) is 3.20. The van der Waals surface area contributed by atoms with Gasteiger partial charge in [-0.3, -0.25) is 0 Å². The first-order valence-electron chi connectivity index (χ1n) is 6.24. The van der Waals surface area contributed by atoms with Crippen LogP contribution < -0.4 is 5.32 Å². The number of hydrogen-bond acceptors (Lipinski definition) is 3. The van der Waals surface area contributed by atoms with Crippen molar-refractivity contribution in [2.75, 3.05) is 5.32 Å². The molecule has 0 fully saturated rings. The Labute approximate surface area is 134 Å². The Morgan fingerprint density at radius 2 is 1.75 bits per heavy atom. The smallest absolute Gasteiger partial charge is 0.219 e. The summed E-state index contributed by atoms with van der Waals surface area (Å²) < 4.78 is 23.6. The topological polar surface area (TPSA) is 46.2 Å². The van der Waals surface area contributed by atoms with Crippen LogP contribution in [0.5, 0.6) is 0 Å². The van der Waals surface area contributed by atoms with Gasteiger partial charge in [-0.1, -0.05) is 29.8 Å². The monoisotopic (exact) mass is 401 g/mol. The van der Waals surface area contributed by atoms with Crippen LogP contribution in [0.4, 0.5) is 5.69 Å². The molecular formula is C15H16INO2S. The van der Waals surface area contributed by atoms with Crippen molar-refractivity contribution in [3.63, 3.8) is 0 Å². The fraction of sp³-hybridized carbons (Fsp3) is 0.267. The summed E-state index contributed by atoms with van der Waals surface area (Å²) in [7, 11) is -2.22. The molecule has 1 atom stereocenters. The molecule has 0 aliphatic heterocycles. The molecule has 2 rings (SSSR count). The van der Waals surface area contributed by atoms with Crippen LogP contribution in [-0.2, 0) is 10.3 Å². The van der Waals surface area contributed by atoms with Gasteiger partial charge in [0.15, 0.2) is 0 Å². The Bertz CT molecular complexity index is 714. The number of halogens is 1. The molecule has 106 valence electrons. The van der Waals surface area contributed by atoms with Gasteiger partial charge in [0.1, 0.15) is 0 Å². The average molecular weight is 401 g/mol. The van der Waals surface area contributed by atoms with Crippen molar-refractivity contribution in [2.45, 2.75) is 26.8 Å². The highest BCUT2D eigenvalue weighted by molar-refractivity contribution is 14.1. The van der Waals surface area contributed by atoms with E-state index in [0.717, 1.165) is 20.4 Å². The lowest BCUT2D eigenvalue weighted by molar-refractivity contribution is 0.626. The number of allylic oxidation sites excluding steroid dienone is 2. The van der Waals surface area contributed by atoms with E-state index < -0.39 is 10.3 Å². The summed E-state index contributed by atoms with van der Waals surface area (Å²) in [6.07, 6.45) is 5.50. The standard InChI is InChI=1S/C15H16INO2S/c1-9-6-10(2)15(11(3)7-9)17-13-5-4-12(16)8-14(13)20(18)19/h4-8,13,17H,1-3H3/t13-/m1/s1. The molecule has 0 aromatic heterocycles. The zero-order chi connectivity index (χ0) is 14.9. The largest absolute Gasteiger partial charge is 0.373 e. The Hall–Kier alpha value is -1.08. The van der Waals surface area contributed by atoms with Crippen LogP contribution in [0.3, 0.4) is 0 Å². The zero-order valence-electron chi connectivity index (χ0n) is 11.6. The molecule has 1 aliphatic carbocycles. The van der Waals surface area contributed by atoms with E-state index in [1.807, 2.05) is 26.0 Å². The second kappa shape index (κ2) is 6.13. The number of nitrogens with one attached hydrogen (secondary N) is 1. The first-order chi connectivity index (χ1) is 9.38. The molecule has 0 radical (unpaired) electrons. The van der Waals surface area contributed by atoms with Crippen molar-refractivity contribution in [1.82, 2.24) is 0 Å². The number of hydrogen-bond donors (Lipinski definition) is 1. The van der Waals surface area contributed by atoms with Gasteiger partial charge in [0.2, 0.25) is 10.3 Å². The zero-order valence-corrected chi connectivity index (χ0v) is 14.5. The molecular weight excluding hydrogens is 385 g/mol. The normalized spacial score (nSPS) is 17.9. The first kappa shape index (κ1) is 15.3. The Morgan fingerprint density at radius 3 is 2.30 bits per heavy atom. The van der Waals surface area contributed by atoms with E-state index in [1.54, 1.807) is 6.08 Å². The van der Waals surface area contributed by atoms with Gasteiger partial charge in [-0.2, -0.15) is 8.42 Å². The molecule has 0 bridgehead atoms.